The van der Waals surface area contributed by atoms with Gasteiger partial charge in [-0.05, 0) is 49.7 Å². The van der Waals surface area contributed by atoms with E-state index in [1.807, 2.05) is 18.2 Å². The van der Waals surface area contributed by atoms with Crippen LogP contribution in [0.25, 0.3) is 0 Å². The fraction of sp³-hybridized carbons (Fsp3) is 0.519. The number of ketones is 1. The molecule has 0 bridgehead atoms. The number of para-hydroxylation sites is 1. The molecular formula is C27H33N5O4. The second-order valence-corrected chi connectivity index (χ2v) is 10.3. The number of hydrogen-bond acceptors (Lipinski definition) is 5. The number of benzene rings is 1. The summed E-state index contributed by atoms with van der Waals surface area (Å²) < 4.78 is 0. The maximum atomic E-state index is 13.9. The first-order chi connectivity index (χ1) is 17.4. The Morgan fingerprint density at radius 3 is 2.67 bits per heavy atom. The number of aryl methyl sites for hydroxylation is 1. The van der Waals surface area contributed by atoms with Crippen LogP contribution in [-0.4, -0.2) is 45.6 Å². The zero-order valence-corrected chi connectivity index (χ0v) is 20.6. The second-order valence-electron chi connectivity index (χ2n) is 10.3. The summed E-state index contributed by atoms with van der Waals surface area (Å²) >= 11 is 0. The number of Topliss-reactive ketones (excluding diaryl/α,β-unsaturated/α-hetero) is 1. The Kier molecular flexibility index (Phi) is 6.89. The number of aromatic nitrogens is 2. The van der Waals surface area contributed by atoms with Crippen LogP contribution in [0.3, 0.4) is 0 Å². The number of hydrogen-bond donors (Lipinski definition) is 3. The summed E-state index contributed by atoms with van der Waals surface area (Å²) in [4.78, 5) is 61.0. The highest BCUT2D eigenvalue weighted by molar-refractivity contribution is 6.08. The molecule has 1 saturated carbocycles. The van der Waals surface area contributed by atoms with E-state index in [9.17, 15) is 19.2 Å². The second kappa shape index (κ2) is 10.2. The Morgan fingerprint density at radius 1 is 1.17 bits per heavy atom. The summed E-state index contributed by atoms with van der Waals surface area (Å²) in [6.45, 7) is 1.80. The molecule has 190 valence electrons. The molecule has 1 fully saturated rings. The molecule has 0 spiro atoms. The van der Waals surface area contributed by atoms with Gasteiger partial charge in [0.2, 0.25) is 17.7 Å². The molecular weight excluding hydrogens is 458 g/mol. The molecule has 0 unspecified atom stereocenters. The molecule has 3 amide bonds. The number of carbonyl (C=O) groups excluding carboxylic acids is 4. The average Bonchev–Trinajstić information content (AvgIpc) is 3.62. The molecule has 1 aliphatic carbocycles. The molecule has 3 N–H and O–H groups in total. The van der Waals surface area contributed by atoms with E-state index in [0.717, 1.165) is 48.2 Å². The number of anilines is 1. The van der Waals surface area contributed by atoms with Crippen molar-refractivity contribution >= 4 is 29.2 Å². The van der Waals surface area contributed by atoms with E-state index in [1.54, 1.807) is 17.4 Å². The van der Waals surface area contributed by atoms with Crippen molar-refractivity contribution in [1.82, 2.24) is 20.6 Å². The van der Waals surface area contributed by atoms with Crippen molar-refractivity contribution in [1.29, 1.82) is 0 Å². The van der Waals surface area contributed by atoms with Gasteiger partial charge in [0, 0.05) is 25.0 Å². The van der Waals surface area contributed by atoms with Gasteiger partial charge in [-0.3, -0.25) is 19.3 Å². The molecule has 1 aromatic heterocycles. The lowest BCUT2D eigenvalue weighted by atomic mass is 9.86. The molecule has 2 aliphatic heterocycles. The molecule has 3 heterocycles. The Hall–Kier alpha value is -3.49. The maximum absolute atomic E-state index is 13.9. The zero-order chi connectivity index (χ0) is 25.2. The highest BCUT2D eigenvalue weighted by Crippen LogP contribution is 2.39. The van der Waals surface area contributed by atoms with Gasteiger partial charge in [-0.25, -0.2) is 4.98 Å². The van der Waals surface area contributed by atoms with Crippen LogP contribution in [-0.2, 0) is 38.6 Å². The minimum atomic E-state index is -0.741. The molecule has 0 saturated heterocycles. The number of nitrogens with zero attached hydrogens (tertiary/aromatic N) is 2. The largest absolute Gasteiger partial charge is 0.349 e. The quantitative estimate of drug-likeness (QED) is 0.522. The topological polar surface area (TPSA) is 124 Å². The summed E-state index contributed by atoms with van der Waals surface area (Å²) in [5, 5.41) is 5.91. The third kappa shape index (κ3) is 4.79. The lowest BCUT2D eigenvalue weighted by Gasteiger charge is -2.29. The number of H-pyrrole nitrogens is 1. The van der Waals surface area contributed by atoms with Crippen molar-refractivity contribution in [3.63, 3.8) is 0 Å². The highest BCUT2D eigenvalue weighted by atomic mass is 16.2. The number of amides is 3. The van der Waals surface area contributed by atoms with Gasteiger partial charge in [-0.15, -0.1) is 0 Å². The number of imidazole rings is 1. The van der Waals surface area contributed by atoms with E-state index in [0.29, 0.717) is 19.3 Å². The van der Waals surface area contributed by atoms with Crippen LogP contribution in [0.2, 0.25) is 0 Å². The number of carbonyl (C=O) groups is 4. The molecule has 3 atom stereocenters. The van der Waals surface area contributed by atoms with Gasteiger partial charge >= 0.3 is 0 Å². The molecule has 0 radical (unpaired) electrons. The fourth-order valence-corrected chi connectivity index (χ4v) is 6.08. The van der Waals surface area contributed by atoms with Crippen LogP contribution in [0.4, 0.5) is 5.69 Å². The van der Waals surface area contributed by atoms with Crippen LogP contribution in [0.15, 0.2) is 30.7 Å². The first-order valence-corrected chi connectivity index (χ1v) is 12.9. The third-order valence-corrected chi connectivity index (χ3v) is 7.85. The van der Waals surface area contributed by atoms with Crippen LogP contribution in [0.1, 0.15) is 62.3 Å². The smallest absolute Gasteiger partial charge is 0.250 e. The summed E-state index contributed by atoms with van der Waals surface area (Å²) in [6.07, 6.45) is 8.90. The van der Waals surface area contributed by atoms with Crippen molar-refractivity contribution in [2.45, 2.75) is 76.9 Å². The normalized spacial score (nSPS) is 22.1. The summed E-state index contributed by atoms with van der Waals surface area (Å²) in [6, 6.07) is 4.49. The molecule has 3 aliphatic rings. The Bertz CT molecular complexity index is 1150. The van der Waals surface area contributed by atoms with Gasteiger partial charge in [0.15, 0.2) is 0 Å². The van der Waals surface area contributed by atoms with Crippen LogP contribution in [0.5, 0.6) is 0 Å². The van der Waals surface area contributed by atoms with Gasteiger partial charge in [0.1, 0.15) is 17.9 Å². The third-order valence-electron chi connectivity index (χ3n) is 7.85. The molecule has 36 heavy (non-hydrogen) atoms. The summed E-state index contributed by atoms with van der Waals surface area (Å²) in [5.74, 6) is -0.979. The van der Waals surface area contributed by atoms with Gasteiger partial charge < -0.3 is 20.4 Å². The van der Waals surface area contributed by atoms with E-state index in [-0.39, 0.29) is 42.4 Å². The van der Waals surface area contributed by atoms with Gasteiger partial charge in [0.05, 0.1) is 24.3 Å². The molecule has 5 rings (SSSR count). The van der Waals surface area contributed by atoms with E-state index in [1.165, 1.54) is 6.92 Å². The predicted molar refractivity (Wildman–Crippen MR) is 133 cm³/mol. The molecule has 2 aromatic rings. The fourth-order valence-electron chi connectivity index (χ4n) is 6.08. The highest BCUT2D eigenvalue weighted by Gasteiger charge is 2.44. The van der Waals surface area contributed by atoms with Gasteiger partial charge in [-0.1, -0.05) is 31.0 Å². The SMILES string of the molecule is CC(=O)C[C@H](C(=O)N[C@H]1CCc2cccc3c2N(C1=O)[C@H](C(=O)NCc1cnc[nH]1)C3)C1CCCC1. The summed E-state index contributed by atoms with van der Waals surface area (Å²) in [5.41, 5.74) is 3.56. The lowest BCUT2D eigenvalue weighted by molar-refractivity contribution is -0.134. The van der Waals surface area contributed by atoms with Gasteiger partial charge in [-0.2, -0.15) is 0 Å². The predicted octanol–water partition coefficient (Wildman–Crippen LogP) is 2.20. The van der Waals surface area contributed by atoms with Crippen LogP contribution in [0, 0.1) is 11.8 Å². The maximum Gasteiger partial charge on any atom is 0.250 e. The number of rotatable bonds is 8. The van der Waals surface area contributed by atoms with Gasteiger partial charge in [0.25, 0.3) is 0 Å². The molecule has 1 aromatic carbocycles. The number of nitrogens with one attached hydrogen (secondary N) is 3. The summed E-state index contributed by atoms with van der Waals surface area (Å²) in [7, 11) is 0. The average molecular weight is 492 g/mol. The van der Waals surface area contributed by atoms with E-state index in [4.69, 9.17) is 0 Å². The number of aromatic amines is 1. The zero-order valence-electron chi connectivity index (χ0n) is 20.6. The van der Waals surface area contributed by atoms with Crippen molar-refractivity contribution in [2.75, 3.05) is 4.90 Å². The van der Waals surface area contributed by atoms with Crippen molar-refractivity contribution in [3.05, 3.63) is 47.5 Å². The standard InChI is InChI=1S/C27H33N5O4/c1-16(33)11-21(17-5-2-3-6-17)25(34)31-22-10-9-18-7-4-8-19-12-23(32(24(18)19)27(22)36)26(35)29-14-20-13-28-15-30-20/h4,7-8,13,15,17,21-23H,2-3,5-6,9-12,14H2,1H3,(H,28,30)(H,29,35)(H,31,34)/t21-,22-,23-/m0/s1. The first-order valence-electron chi connectivity index (χ1n) is 12.9. The van der Waals surface area contributed by atoms with E-state index < -0.39 is 18.0 Å². The monoisotopic (exact) mass is 491 g/mol. The van der Waals surface area contributed by atoms with Crippen molar-refractivity contribution in [3.8, 4) is 0 Å². The molecule has 9 heteroatoms. The van der Waals surface area contributed by atoms with E-state index >= 15 is 0 Å². The minimum absolute atomic E-state index is 0.0140. The Balaban J connectivity index is 1.36. The van der Waals surface area contributed by atoms with Crippen molar-refractivity contribution in [2.24, 2.45) is 11.8 Å². The Labute approximate surface area is 210 Å². The Morgan fingerprint density at radius 2 is 1.94 bits per heavy atom. The van der Waals surface area contributed by atoms with E-state index in [2.05, 4.69) is 20.6 Å². The lowest BCUT2D eigenvalue weighted by Crippen LogP contribution is -2.55. The van der Waals surface area contributed by atoms with Crippen LogP contribution >= 0.6 is 0 Å². The first kappa shape index (κ1) is 24.2. The van der Waals surface area contributed by atoms with Crippen molar-refractivity contribution < 1.29 is 19.2 Å². The van der Waals surface area contributed by atoms with Crippen LogP contribution < -0.4 is 15.5 Å². The minimum Gasteiger partial charge on any atom is -0.349 e. The molecule has 9 nitrogen and oxygen atoms in total.